The standard InChI is InChI=1S/C18H26N4O4/c1-18(2,10-23)9-21-17-16(19)20-8-12(22-17)11-6-7-13(24-3)15(26-5)14(11)25-4/h6-8,23H,9-10H2,1-5H3,(H2,19,20)(H,21,22). The average molecular weight is 362 g/mol. The molecule has 8 heteroatoms. The molecule has 4 N–H and O–H groups in total. The first-order valence-electron chi connectivity index (χ1n) is 8.13. The summed E-state index contributed by atoms with van der Waals surface area (Å²) in [5, 5.41) is 12.5. The number of aliphatic hydroxyl groups excluding tert-OH is 1. The molecule has 0 unspecified atom stereocenters. The predicted molar refractivity (Wildman–Crippen MR) is 101 cm³/mol. The van der Waals surface area contributed by atoms with Crippen molar-refractivity contribution in [2.24, 2.45) is 5.41 Å². The minimum atomic E-state index is -0.314. The number of nitrogen functional groups attached to an aromatic ring is 1. The van der Waals surface area contributed by atoms with Crippen molar-refractivity contribution in [2.45, 2.75) is 13.8 Å². The van der Waals surface area contributed by atoms with Crippen LogP contribution in [-0.2, 0) is 0 Å². The molecule has 0 amide bonds. The molecule has 142 valence electrons. The summed E-state index contributed by atoms with van der Waals surface area (Å²) in [5.41, 5.74) is 6.89. The lowest BCUT2D eigenvalue weighted by molar-refractivity contribution is 0.171. The molecule has 26 heavy (non-hydrogen) atoms. The van der Waals surface area contributed by atoms with E-state index in [9.17, 15) is 5.11 Å². The van der Waals surface area contributed by atoms with Gasteiger partial charge in [0.2, 0.25) is 5.75 Å². The predicted octanol–water partition coefficient (Wildman–Crippen LogP) is 2.18. The molecule has 0 saturated carbocycles. The van der Waals surface area contributed by atoms with Crippen LogP contribution in [0.15, 0.2) is 18.3 Å². The van der Waals surface area contributed by atoms with Crippen molar-refractivity contribution in [2.75, 3.05) is 45.5 Å². The molecule has 0 aliphatic carbocycles. The fraction of sp³-hybridized carbons (Fsp3) is 0.444. The molecule has 8 nitrogen and oxygen atoms in total. The summed E-state index contributed by atoms with van der Waals surface area (Å²) in [4.78, 5) is 8.78. The maximum absolute atomic E-state index is 9.40. The Kier molecular flexibility index (Phi) is 6.10. The van der Waals surface area contributed by atoms with Gasteiger partial charge in [-0.15, -0.1) is 0 Å². The second-order valence-corrected chi connectivity index (χ2v) is 6.55. The highest BCUT2D eigenvalue weighted by atomic mass is 16.5. The Balaban J connectivity index is 2.45. The van der Waals surface area contributed by atoms with Crippen LogP contribution in [0.4, 0.5) is 11.6 Å². The maximum Gasteiger partial charge on any atom is 0.203 e. The summed E-state index contributed by atoms with van der Waals surface area (Å²) in [7, 11) is 4.65. The van der Waals surface area contributed by atoms with Gasteiger partial charge in [0.1, 0.15) is 0 Å². The van der Waals surface area contributed by atoms with Gasteiger partial charge in [-0.2, -0.15) is 0 Å². The van der Waals surface area contributed by atoms with E-state index in [1.165, 1.54) is 0 Å². The van der Waals surface area contributed by atoms with E-state index in [-0.39, 0.29) is 17.8 Å². The number of rotatable bonds is 8. The zero-order valence-corrected chi connectivity index (χ0v) is 15.8. The molecule has 0 saturated heterocycles. The first-order chi connectivity index (χ1) is 12.4. The molecule has 0 radical (unpaired) electrons. The lowest BCUT2D eigenvalue weighted by Gasteiger charge is -2.22. The van der Waals surface area contributed by atoms with E-state index in [1.54, 1.807) is 33.6 Å². The molecular weight excluding hydrogens is 336 g/mol. The third-order valence-electron chi connectivity index (χ3n) is 3.94. The molecule has 1 aromatic carbocycles. The van der Waals surface area contributed by atoms with Gasteiger partial charge in [0.05, 0.1) is 33.2 Å². The molecule has 0 fully saturated rings. The van der Waals surface area contributed by atoms with Gasteiger partial charge >= 0.3 is 0 Å². The molecule has 1 heterocycles. The van der Waals surface area contributed by atoms with Crippen molar-refractivity contribution in [1.82, 2.24) is 9.97 Å². The lowest BCUT2D eigenvalue weighted by Crippen LogP contribution is -2.27. The van der Waals surface area contributed by atoms with Crippen molar-refractivity contribution in [3.63, 3.8) is 0 Å². The number of nitrogens with one attached hydrogen (secondary N) is 1. The van der Waals surface area contributed by atoms with Crippen LogP contribution in [0.1, 0.15) is 13.8 Å². The Labute approximate surface area is 153 Å². The second kappa shape index (κ2) is 8.09. The number of aliphatic hydroxyl groups is 1. The van der Waals surface area contributed by atoms with Crippen molar-refractivity contribution in [3.05, 3.63) is 18.3 Å². The fourth-order valence-electron chi connectivity index (χ4n) is 2.34. The van der Waals surface area contributed by atoms with E-state index in [4.69, 9.17) is 19.9 Å². The lowest BCUT2D eigenvalue weighted by atomic mass is 9.95. The number of anilines is 2. The molecule has 0 aliphatic heterocycles. The van der Waals surface area contributed by atoms with Crippen LogP contribution in [0.25, 0.3) is 11.3 Å². The molecule has 0 bridgehead atoms. The van der Waals surface area contributed by atoms with Gasteiger partial charge in [0, 0.05) is 24.1 Å². The topological polar surface area (TPSA) is 112 Å². The van der Waals surface area contributed by atoms with Crippen LogP contribution in [0.5, 0.6) is 17.2 Å². The maximum atomic E-state index is 9.40. The van der Waals surface area contributed by atoms with E-state index >= 15 is 0 Å². The first-order valence-corrected chi connectivity index (χ1v) is 8.13. The number of nitrogens with zero attached hydrogens (tertiary/aromatic N) is 2. The molecule has 0 atom stereocenters. The number of nitrogens with two attached hydrogens (primary N) is 1. The summed E-state index contributed by atoms with van der Waals surface area (Å²) in [6.07, 6.45) is 1.57. The zero-order valence-electron chi connectivity index (χ0n) is 15.8. The molecule has 0 aliphatic rings. The van der Waals surface area contributed by atoms with Crippen LogP contribution in [0.3, 0.4) is 0 Å². The van der Waals surface area contributed by atoms with Crippen molar-refractivity contribution in [1.29, 1.82) is 0 Å². The highest BCUT2D eigenvalue weighted by Crippen LogP contribution is 2.43. The molecule has 0 spiro atoms. The summed E-state index contributed by atoms with van der Waals surface area (Å²) in [6, 6.07) is 3.60. The van der Waals surface area contributed by atoms with Crippen LogP contribution < -0.4 is 25.3 Å². The SMILES string of the molecule is COc1ccc(-c2cnc(N)c(NCC(C)(C)CO)n2)c(OC)c1OC. The highest BCUT2D eigenvalue weighted by Gasteiger charge is 2.20. The van der Waals surface area contributed by atoms with Crippen molar-refractivity contribution in [3.8, 4) is 28.5 Å². The summed E-state index contributed by atoms with van der Waals surface area (Å²) in [5.74, 6) is 2.25. The fourth-order valence-corrected chi connectivity index (χ4v) is 2.34. The van der Waals surface area contributed by atoms with Gasteiger partial charge in [-0.05, 0) is 12.1 Å². The van der Waals surface area contributed by atoms with Gasteiger partial charge in [-0.1, -0.05) is 13.8 Å². The van der Waals surface area contributed by atoms with E-state index in [1.807, 2.05) is 19.9 Å². The minimum absolute atomic E-state index is 0.0382. The zero-order chi connectivity index (χ0) is 19.3. The second-order valence-electron chi connectivity index (χ2n) is 6.55. The monoisotopic (exact) mass is 362 g/mol. The van der Waals surface area contributed by atoms with E-state index in [0.29, 0.717) is 40.9 Å². The summed E-state index contributed by atoms with van der Waals surface area (Å²) >= 11 is 0. The molecule has 2 aromatic rings. The molecule has 1 aromatic heterocycles. The Morgan fingerprint density at radius 1 is 1.12 bits per heavy atom. The largest absolute Gasteiger partial charge is 0.493 e. The van der Waals surface area contributed by atoms with Gasteiger partial charge in [-0.3, -0.25) is 0 Å². The normalized spacial score (nSPS) is 11.2. The Hall–Kier alpha value is -2.74. The van der Waals surface area contributed by atoms with Crippen LogP contribution in [0.2, 0.25) is 0 Å². The third-order valence-corrected chi connectivity index (χ3v) is 3.94. The van der Waals surface area contributed by atoms with Gasteiger partial charge in [-0.25, -0.2) is 9.97 Å². The number of aromatic nitrogens is 2. The van der Waals surface area contributed by atoms with Crippen molar-refractivity contribution >= 4 is 11.6 Å². The number of hydrogen-bond acceptors (Lipinski definition) is 8. The number of benzene rings is 1. The molecular formula is C18H26N4O4. The van der Waals surface area contributed by atoms with Gasteiger partial charge in [0.15, 0.2) is 23.1 Å². The Morgan fingerprint density at radius 3 is 2.38 bits per heavy atom. The minimum Gasteiger partial charge on any atom is -0.493 e. The Morgan fingerprint density at radius 2 is 1.81 bits per heavy atom. The quantitative estimate of drug-likeness (QED) is 0.655. The van der Waals surface area contributed by atoms with Crippen LogP contribution in [0, 0.1) is 5.41 Å². The number of methoxy groups -OCH3 is 3. The van der Waals surface area contributed by atoms with E-state index in [0.717, 1.165) is 0 Å². The summed E-state index contributed by atoms with van der Waals surface area (Å²) < 4.78 is 16.2. The van der Waals surface area contributed by atoms with Crippen LogP contribution >= 0.6 is 0 Å². The van der Waals surface area contributed by atoms with Gasteiger partial charge < -0.3 is 30.4 Å². The highest BCUT2D eigenvalue weighted by molar-refractivity contribution is 5.75. The third kappa shape index (κ3) is 4.08. The average Bonchev–Trinajstić information content (AvgIpc) is 2.66. The number of ether oxygens (including phenoxy) is 3. The summed E-state index contributed by atoms with van der Waals surface area (Å²) in [6.45, 7) is 4.40. The van der Waals surface area contributed by atoms with E-state index < -0.39 is 0 Å². The van der Waals surface area contributed by atoms with Crippen molar-refractivity contribution < 1.29 is 19.3 Å². The Bertz CT molecular complexity index is 765. The smallest absolute Gasteiger partial charge is 0.203 e. The first kappa shape index (κ1) is 19.6. The van der Waals surface area contributed by atoms with Crippen LogP contribution in [-0.4, -0.2) is 49.6 Å². The van der Waals surface area contributed by atoms with Gasteiger partial charge in [0.25, 0.3) is 0 Å². The molecule has 2 rings (SSSR count). The number of hydrogen-bond donors (Lipinski definition) is 3. The van der Waals surface area contributed by atoms with E-state index in [2.05, 4.69) is 15.3 Å².